The number of carbonyl (C=O) groups excluding carboxylic acids is 2. The van der Waals surface area contributed by atoms with Crippen LogP contribution in [0.1, 0.15) is 15.9 Å². The minimum absolute atomic E-state index is 0.0686. The first kappa shape index (κ1) is 22.3. The third kappa shape index (κ3) is 5.48. The number of aromatic nitrogens is 2. The van der Waals surface area contributed by atoms with Crippen molar-refractivity contribution in [1.29, 1.82) is 0 Å². The molecule has 2 aromatic carbocycles. The molecule has 0 saturated heterocycles. The van der Waals surface area contributed by atoms with Crippen molar-refractivity contribution in [2.24, 2.45) is 0 Å². The summed E-state index contributed by atoms with van der Waals surface area (Å²) >= 11 is 1.59. The van der Waals surface area contributed by atoms with Crippen LogP contribution in [0.25, 0.3) is 21.7 Å². The lowest BCUT2D eigenvalue weighted by Crippen LogP contribution is -2.31. The highest BCUT2D eigenvalue weighted by Crippen LogP contribution is 2.27. The average Bonchev–Trinajstić information content (AvgIpc) is 3.53. The van der Waals surface area contributed by atoms with Gasteiger partial charge in [-0.3, -0.25) is 4.79 Å². The largest absolute Gasteiger partial charge is 0.508 e. The molecule has 0 aliphatic rings. The average molecular weight is 462 g/mol. The number of thiophene rings is 1. The van der Waals surface area contributed by atoms with Crippen molar-refractivity contribution in [2.75, 3.05) is 20.3 Å². The van der Waals surface area contributed by atoms with Gasteiger partial charge in [-0.2, -0.15) is 0 Å². The number of nitrogens with one attached hydrogen (secondary N) is 1. The van der Waals surface area contributed by atoms with Gasteiger partial charge in [0.1, 0.15) is 17.9 Å². The molecule has 0 fully saturated rings. The number of rotatable bonds is 8. The molecule has 0 radical (unpaired) electrons. The first-order valence-electron chi connectivity index (χ1n) is 10.4. The van der Waals surface area contributed by atoms with Gasteiger partial charge in [-0.15, -0.1) is 11.3 Å². The van der Waals surface area contributed by atoms with Gasteiger partial charge >= 0.3 is 6.16 Å². The van der Waals surface area contributed by atoms with E-state index in [9.17, 15) is 9.59 Å². The monoisotopic (exact) mass is 461 g/mol. The Labute approximate surface area is 195 Å². The van der Waals surface area contributed by atoms with Crippen LogP contribution in [0.15, 0.2) is 78.2 Å². The van der Waals surface area contributed by atoms with Gasteiger partial charge in [0, 0.05) is 13.1 Å². The predicted octanol–water partition coefficient (Wildman–Crippen LogP) is 5.27. The second kappa shape index (κ2) is 10.6. The number of hydrogen-bond acceptors (Lipinski definition) is 6. The number of fused-ring (bicyclic) bond motifs is 1. The van der Waals surface area contributed by atoms with Crippen LogP contribution in [0, 0.1) is 0 Å². The molecule has 0 aliphatic carbocycles. The summed E-state index contributed by atoms with van der Waals surface area (Å²) in [5.74, 6) is 0.613. The quantitative estimate of drug-likeness (QED) is 0.285. The Morgan fingerprint density at radius 3 is 2.67 bits per heavy atom. The van der Waals surface area contributed by atoms with Crippen LogP contribution in [-0.4, -0.2) is 47.2 Å². The summed E-state index contributed by atoms with van der Waals surface area (Å²) in [6.07, 6.45) is 2.74. The van der Waals surface area contributed by atoms with Gasteiger partial charge in [-0.25, -0.2) is 9.78 Å². The first-order chi connectivity index (χ1) is 16.2. The molecule has 1 N–H and O–H groups in total. The molecule has 0 saturated carbocycles. The van der Waals surface area contributed by atoms with Gasteiger partial charge in [0.2, 0.25) is 0 Å². The Morgan fingerprint density at radius 1 is 1.06 bits per heavy atom. The number of benzene rings is 2. The number of nitrogens with zero attached hydrogens (tertiary/aromatic N) is 2. The Morgan fingerprint density at radius 2 is 1.91 bits per heavy atom. The maximum absolute atomic E-state index is 13.6. The molecular formula is C25H23N3O4S. The van der Waals surface area contributed by atoms with Crippen molar-refractivity contribution < 1.29 is 19.1 Å². The van der Waals surface area contributed by atoms with Crippen molar-refractivity contribution in [3.05, 3.63) is 89.3 Å². The fourth-order valence-corrected chi connectivity index (χ4v) is 4.04. The van der Waals surface area contributed by atoms with Gasteiger partial charge in [0.15, 0.2) is 0 Å². The van der Waals surface area contributed by atoms with E-state index in [4.69, 9.17) is 9.72 Å². The minimum Gasteiger partial charge on any atom is -0.438 e. The van der Waals surface area contributed by atoms with E-state index in [1.54, 1.807) is 34.5 Å². The summed E-state index contributed by atoms with van der Waals surface area (Å²) in [4.78, 5) is 35.5. The molecule has 168 valence electrons. The number of carbonyl (C=O) groups is 2. The van der Waals surface area contributed by atoms with Crippen LogP contribution < -0.4 is 0 Å². The van der Waals surface area contributed by atoms with Gasteiger partial charge in [0.25, 0.3) is 5.91 Å². The second-order valence-electron chi connectivity index (χ2n) is 7.17. The summed E-state index contributed by atoms with van der Waals surface area (Å²) in [5, 5.41) is 1.99. The number of para-hydroxylation sites is 1. The molecule has 0 unspecified atom stereocenters. The van der Waals surface area contributed by atoms with Gasteiger partial charge in [-0.1, -0.05) is 48.5 Å². The molecule has 4 aromatic rings. The molecule has 4 rings (SSSR count). The van der Waals surface area contributed by atoms with E-state index < -0.39 is 6.16 Å². The first-order valence-corrected chi connectivity index (χ1v) is 11.2. The summed E-state index contributed by atoms with van der Waals surface area (Å²) < 4.78 is 9.32. The molecule has 8 heteroatoms. The van der Waals surface area contributed by atoms with Gasteiger partial charge in [0.05, 0.1) is 23.1 Å². The lowest BCUT2D eigenvalue weighted by Gasteiger charge is -2.21. The maximum Gasteiger partial charge on any atom is 0.508 e. The normalized spacial score (nSPS) is 11.1. The highest BCUT2D eigenvalue weighted by Gasteiger charge is 2.20. The lowest BCUT2D eigenvalue weighted by atomic mass is 10.1. The van der Waals surface area contributed by atoms with Crippen molar-refractivity contribution >= 4 is 34.4 Å². The van der Waals surface area contributed by atoms with Crippen molar-refractivity contribution in [2.45, 2.75) is 6.54 Å². The van der Waals surface area contributed by atoms with Crippen LogP contribution in [0.4, 0.5) is 4.79 Å². The fourth-order valence-electron chi connectivity index (χ4n) is 3.37. The van der Waals surface area contributed by atoms with Crippen LogP contribution >= 0.6 is 11.3 Å². The van der Waals surface area contributed by atoms with E-state index in [-0.39, 0.29) is 12.5 Å². The number of methoxy groups -OCH3 is 1. The molecule has 0 aliphatic heterocycles. The molecule has 0 atom stereocenters. The molecule has 33 heavy (non-hydrogen) atoms. The topological polar surface area (TPSA) is 84.5 Å². The predicted molar refractivity (Wildman–Crippen MR) is 128 cm³/mol. The van der Waals surface area contributed by atoms with Crippen molar-refractivity contribution in [3.8, 4) is 10.7 Å². The number of H-pyrrole nitrogens is 1. The van der Waals surface area contributed by atoms with E-state index in [1.165, 1.54) is 7.11 Å². The second-order valence-corrected chi connectivity index (χ2v) is 8.12. The van der Waals surface area contributed by atoms with Crippen molar-refractivity contribution in [1.82, 2.24) is 14.9 Å². The number of aromatic amines is 1. The molecule has 2 aromatic heterocycles. The molecular weight excluding hydrogens is 438 g/mol. The van der Waals surface area contributed by atoms with Crippen LogP contribution in [-0.2, 0) is 16.0 Å². The van der Waals surface area contributed by atoms with E-state index in [1.807, 2.05) is 60.0 Å². The summed E-state index contributed by atoms with van der Waals surface area (Å²) in [5.41, 5.74) is 2.99. The Bertz CT molecular complexity index is 1250. The molecule has 0 spiro atoms. The van der Waals surface area contributed by atoms with Crippen LogP contribution in [0.5, 0.6) is 0 Å². The molecule has 0 bridgehead atoms. The third-order valence-corrected chi connectivity index (χ3v) is 5.83. The molecule has 7 nitrogen and oxygen atoms in total. The third-order valence-electron chi connectivity index (χ3n) is 4.96. The standard InChI is InChI=1S/C25H23N3O4S/c1-31-25(30)32-15-6-5-14-28(17-18-9-3-2-4-10-18)24(29)19-11-7-12-20-22(19)27-23(26-20)21-13-8-16-33-21/h2-13,16H,14-15,17H2,1H3,(H,26,27)/b6-5+. The Hall–Kier alpha value is -3.91. The number of amides is 1. The van der Waals surface area contributed by atoms with Gasteiger partial charge in [-0.05, 0) is 35.2 Å². The SMILES string of the molecule is COC(=O)OC/C=C/CN(Cc1ccccc1)C(=O)c1cccc2[nH]c(-c3cccs3)nc12. The maximum atomic E-state index is 13.6. The zero-order valence-electron chi connectivity index (χ0n) is 18.1. The Balaban J connectivity index is 1.59. The zero-order valence-corrected chi connectivity index (χ0v) is 18.9. The van der Waals surface area contributed by atoms with E-state index in [2.05, 4.69) is 9.72 Å². The highest BCUT2D eigenvalue weighted by molar-refractivity contribution is 7.13. The Kier molecular flexibility index (Phi) is 7.16. The summed E-state index contributed by atoms with van der Waals surface area (Å²) in [7, 11) is 1.26. The van der Waals surface area contributed by atoms with E-state index in [0.717, 1.165) is 21.8 Å². The number of imidazole rings is 1. The van der Waals surface area contributed by atoms with E-state index in [0.29, 0.717) is 24.2 Å². The molecule has 2 heterocycles. The summed E-state index contributed by atoms with van der Waals surface area (Å²) in [6, 6.07) is 19.3. The minimum atomic E-state index is -0.747. The van der Waals surface area contributed by atoms with E-state index >= 15 is 0 Å². The number of ether oxygens (including phenoxy) is 2. The lowest BCUT2D eigenvalue weighted by molar-refractivity contribution is 0.0757. The summed E-state index contributed by atoms with van der Waals surface area (Å²) in [6.45, 7) is 0.844. The van der Waals surface area contributed by atoms with Crippen LogP contribution in [0.3, 0.4) is 0 Å². The molecule has 1 amide bonds. The zero-order chi connectivity index (χ0) is 23.0. The van der Waals surface area contributed by atoms with Crippen LogP contribution in [0.2, 0.25) is 0 Å². The fraction of sp³-hybridized carbons (Fsp3) is 0.160. The smallest absolute Gasteiger partial charge is 0.438 e. The van der Waals surface area contributed by atoms with Gasteiger partial charge < -0.3 is 19.4 Å². The van der Waals surface area contributed by atoms with Crippen molar-refractivity contribution in [3.63, 3.8) is 0 Å². The number of hydrogen-bond donors (Lipinski definition) is 1. The highest BCUT2D eigenvalue weighted by atomic mass is 32.1.